The highest BCUT2D eigenvalue weighted by atomic mass is 35.5. The highest BCUT2D eigenvalue weighted by Crippen LogP contribution is 2.22. The summed E-state index contributed by atoms with van der Waals surface area (Å²) >= 11 is 6.08. The Balaban J connectivity index is 2.16. The lowest BCUT2D eigenvalue weighted by Crippen LogP contribution is -2.48. The molecule has 2 amide bonds. The third kappa shape index (κ3) is 8.74. The Morgan fingerprint density at radius 1 is 1.08 bits per heavy atom. The van der Waals surface area contributed by atoms with E-state index in [4.69, 9.17) is 11.6 Å². The van der Waals surface area contributed by atoms with Gasteiger partial charge in [0.25, 0.3) is 0 Å². The van der Waals surface area contributed by atoms with Crippen LogP contribution in [-0.2, 0) is 26.2 Å². The van der Waals surface area contributed by atoms with Crippen LogP contribution >= 0.6 is 11.6 Å². The zero-order valence-electron chi connectivity index (χ0n) is 20.6. The van der Waals surface area contributed by atoms with Crippen molar-refractivity contribution >= 4 is 39.1 Å². The van der Waals surface area contributed by atoms with Gasteiger partial charge in [0.15, 0.2) is 11.6 Å². The van der Waals surface area contributed by atoms with E-state index in [-0.39, 0.29) is 43.4 Å². The number of halogens is 3. The van der Waals surface area contributed by atoms with Crippen LogP contribution in [0.5, 0.6) is 0 Å². The van der Waals surface area contributed by atoms with E-state index in [0.29, 0.717) is 11.6 Å². The zero-order valence-corrected chi connectivity index (χ0v) is 22.2. The van der Waals surface area contributed by atoms with E-state index >= 15 is 0 Å². The van der Waals surface area contributed by atoms with E-state index in [2.05, 4.69) is 5.32 Å². The van der Waals surface area contributed by atoms with Gasteiger partial charge in [-0.05, 0) is 49.6 Å². The monoisotopic (exact) mass is 543 g/mol. The summed E-state index contributed by atoms with van der Waals surface area (Å²) in [4.78, 5) is 27.3. The van der Waals surface area contributed by atoms with Gasteiger partial charge in [-0.15, -0.1) is 0 Å². The predicted octanol–water partition coefficient (Wildman–Crippen LogP) is 4.50. The maximum Gasteiger partial charge on any atom is 0.242 e. The molecule has 0 aliphatic carbocycles. The number of carbonyl (C=O) groups is 2. The normalized spacial score (nSPS) is 12.2. The standard InChI is InChI=1S/C25H32ClF2N3O4S/c1-4-5-13-29-25(33)18(2)30(17-19-8-6-9-20(26)15-19)24(32)10-7-14-31(36(3,34)35)21-11-12-22(27)23(28)16-21/h6,8-9,11-12,15-16,18H,4-5,7,10,13-14,17H2,1-3H3,(H,29,33)/t18-/m0/s1. The number of hydrogen-bond acceptors (Lipinski definition) is 4. The lowest BCUT2D eigenvalue weighted by atomic mass is 10.1. The molecule has 2 aromatic rings. The smallest absolute Gasteiger partial charge is 0.242 e. The van der Waals surface area contributed by atoms with Gasteiger partial charge in [-0.2, -0.15) is 0 Å². The molecule has 0 spiro atoms. The van der Waals surface area contributed by atoms with Gasteiger partial charge in [0, 0.05) is 37.1 Å². The number of carbonyl (C=O) groups excluding carboxylic acids is 2. The van der Waals surface area contributed by atoms with Crippen molar-refractivity contribution in [2.45, 2.75) is 52.1 Å². The van der Waals surface area contributed by atoms with Gasteiger partial charge in [-0.25, -0.2) is 17.2 Å². The fourth-order valence-corrected chi connectivity index (χ4v) is 4.76. The van der Waals surface area contributed by atoms with Crippen molar-refractivity contribution in [1.29, 1.82) is 0 Å². The molecule has 0 fully saturated rings. The van der Waals surface area contributed by atoms with Crippen LogP contribution in [0.2, 0.25) is 5.02 Å². The Kier molecular flexibility index (Phi) is 11.1. The molecule has 36 heavy (non-hydrogen) atoms. The van der Waals surface area contributed by atoms with Crippen molar-refractivity contribution in [2.24, 2.45) is 0 Å². The van der Waals surface area contributed by atoms with E-state index in [1.807, 2.05) is 6.92 Å². The van der Waals surface area contributed by atoms with Crippen LogP contribution in [0.15, 0.2) is 42.5 Å². The summed E-state index contributed by atoms with van der Waals surface area (Å²) in [5, 5.41) is 3.32. The predicted molar refractivity (Wildman–Crippen MR) is 137 cm³/mol. The average molecular weight is 544 g/mol. The molecule has 0 saturated carbocycles. The van der Waals surface area contributed by atoms with Crippen LogP contribution in [0, 0.1) is 11.6 Å². The number of nitrogens with one attached hydrogen (secondary N) is 1. The van der Waals surface area contributed by atoms with E-state index in [1.165, 1.54) is 4.90 Å². The summed E-state index contributed by atoms with van der Waals surface area (Å²) in [5.41, 5.74) is 0.701. The number of unbranched alkanes of at least 4 members (excludes halogenated alkanes) is 1. The molecule has 0 heterocycles. The molecule has 0 aromatic heterocycles. The van der Waals surface area contributed by atoms with Crippen LogP contribution in [0.3, 0.4) is 0 Å². The SMILES string of the molecule is CCCCNC(=O)[C@H](C)N(Cc1cccc(Cl)c1)C(=O)CCCN(c1ccc(F)c(F)c1)S(C)(=O)=O. The Morgan fingerprint density at radius 3 is 2.42 bits per heavy atom. The topological polar surface area (TPSA) is 86.8 Å². The largest absolute Gasteiger partial charge is 0.354 e. The molecular weight excluding hydrogens is 512 g/mol. The summed E-state index contributed by atoms with van der Waals surface area (Å²) in [6.45, 7) is 4.15. The lowest BCUT2D eigenvalue weighted by Gasteiger charge is -2.29. The molecule has 1 N–H and O–H groups in total. The molecule has 0 unspecified atom stereocenters. The van der Waals surface area contributed by atoms with Gasteiger partial charge in [0.2, 0.25) is 21.8 Å². The maximum atomic E-state index is 13.7. The van der Waals surface area contributed by atoms with Crippen molar-refractivity contribution in [3.8, 4) is 0 Å². The molecule has 0 aliphatic rings. The van der Waals surface area contributed by atoms with Crippen LogP contribution in [-0.4, -0.2) is 50.5 Å². The number of nitrogens with zero attached hydrogens (tertiary/aromatic N) is 2. The molecule has 0 bridgehead atoms. The Hall–Kier alpha value is -2.72. The summed E-state index contributed by atoms with van der Waals surface area (Å²) in [7, 11) is -3.82. The second kappa shape index (κ2) is 13.5. The van der Waals surface area contributed by atoms with Crippen LogP contribution in [0.1, 0.15) is 45.1 Å². The first-order valence-electron chi connectivity index (χ1n) is 11.7. The molecule has 0 radical (unpaired) electrons. The average Bonchev–Trinajstić information content (AvgIpc) is 2.81. The number of anilines is 1. The number of sulfonamides is 1. The van der Waals surface area contributed by atoms with E-state index < -0.39 is 27.7 Å². The fourth-order valence-electron chi connectivity index (χ4n) is 3.59. The van der Waals surface area contributed by atoms with E-state index in [1.54, 1.807) is 31.2 Å². The van der Waals surface area contributed by atoms with Crippen molar-refractivity contribution in [1.82, 2.24) is 10.2 Å². The Bertz CT molecular complexity index is 1160. The number of rotatable bonds is 13. The molecule has 0 aliphatic heterocycles. The molecule has 198 valence electrons. The van der Waals surface area contributed by atoms with Gasteiger partial charge in [0.1, 0.15) is 6.04 Å². The van der Waals surface area contributed by atoms with Crippen LogP contribution < -0.4 is 9.62 Å². The summed E-state index contributed by atoms with van der Waals surface area (Å²) in [6, 6.07) is 8.99. The van der Waals surface area contributed by atoms with Crippen LogP contribution in [0.25, 0.3) is 0 Å². The third-order valence-electron chi connectivity index (χ3n) is 5.58. The minimum atomic E-state index is -3.82. The number of benzene rings is 2. The van der Waals surface area contributed by atoms with Crippen molar-refractivity contribution in [3.63, 3.8) is 0 Å². The lowest BCUT2D eigenvalue weighted by molar-refractivity contribution is -0.140. The van der Waals surface area contributed by atoms with Crippen molar-refractivity contribution < 1.29 is 26.8 Å². The Labute approximate surface area is 216 Å². The molecule has 2 aromatic carbocycles. The molecule has 0 saturated heterocycles. The minimum Gasteiger partial charge on any atom is -0.354 e. The van der Waals surface area contributed by atoms with Gasteiger partial charge in [-0.1, -0.05) is 37.1 Å². The third-order valence-corrected chi connectivity index (χ3v) is 7.01. The molecule has 2 rings (SSSR count). The first-order valence-corrected chi connectivity index (χ1v) is 13.9. The van der Waals surface area contributed by atoms with Gasteiger partial charge >= 0.3 is 0 Å². The van der Waals surface area contributed by atoms with Gasteiger partial charge in [-0.3, -0.25) is 13.9 Å². The summed E-state index contributed by atoms with van der Waals surface area (Å²) < 4.78 is 52.5. The number of hydrogen-bond donors (Lipinski definition) is 1. The summed E-state index contributed by atoms with van der Waals surface area (Å²) in [5.74, 6) is -2.91. The zero-order chi connectivity index (χ0) is 26.9. The maximum absolute atomic E-state index is 13.7. The first kappa shape index (κ1) is 29.5. The van der Waals surface area contributed by atoms with Gasteiger partial charge in [0.05, 0.1) is 11.9 Å². The minimum absolute atomic E-state index is 0.0386. The van der Waals surface area contributed by atoms with Crippen molar-refractivity contribution in [3.05, 3.63) is 64.7 Å². The van der Waals surface area contributed by atoms with E-state index in [0.717, 1.165) is 47.2 Å². The molecule has 1 atom stereocenters. The number of amides is 2. The first-order chi connectivity index (χ1) is 16.9. The highest BCUT2D eigenvalue weighted by molar-refractivity contribution is 7.92. The van der Waals surface area contributed by atoms with E-state index in [9.17, 15) is 26.8 Å². The van der Waals surface area contributed by atoms with Crippen molar-refractivity contribution in [2.75, 3.05) is 23.7 Å². The molecule has 11 heteroatoms. The fraction of sp³-hybridized carbons (Fsp3) is 0.440. The quantitative estimate of drug-likeness (QED) is 0.377. The molecular formula is C25H32ClF2N3O4S. The highest BCUT2D eigenvalue weighted by Gasteiger charge is 2.26. The Morgan fingerprint density at radius 2 is 1.81 bits per heavy atom. The molecule has 7 nitrogen and oxygen atoms in total. The van der Waals surface area contributed by atoms with Crippen LogP contribution in [0.4, 0.5) is 14.5 Å². The summed E-state index contributed by atoms with van der Waals surface area (Å²) in [6.07, 6.45) is 2.70. The van der Waals surface area contributed by atoms with Gasteiger partial charge < -0.3 is 10.2 Å². The second-order valence-electron chi connectivity index (χ2n) is 8.51. The second-order valence-corrected chi connectivity index (χ2v) is 10.9.